The highest BCUT2D eigenvalue weighted by atomic mass is 16.5. The summed E-state index contributed by atoms with van der Waals surface area (Å²) in [6.45, 7) is 0.621. The van der Waals surface area contributed by atoms with Gasteiger partial charge in [0.1, 0.15) is 19.2 Å². The molecular formula is C9H13N7O3. The van der Waals surface area contributed by atoms with Crippen molar-refractivity contribution in [3.63, 3.8) is 0 Å². The van der Waals surface area contributed by atoms with Gasteiger partial charge in [-0.15, -0.1) is 5.10 Å². The molecule has 102 valence electrons. The Balaban J connectivity index is 2.04. The molecule has 2 rings (SSSR count). The lowest BCUT2D eigenvalue weighted by Crippen LogP contribution is -2.24. The van der Waals surface area contributed by atoms with Crippen molar-refractivity contribution in [1.82, 2.24) is 35.0 Å². The third kappa shape index (κ3) is 3.55. The number of rotatable bonds is 7. The topological polar surface area (TPSA) is 121 Å². The van der Waals surface area contributed by atoms with E-state index in [0.29, 0.717) is 12.4 Å². The van der Waals surface area contributed by atoms with Crippen LogP contribution in [0, 0.1) is 0 Å². The standard InChI is InChI=1S/C9H13N7O3/c1-19-7(2-9(17)18)3-16-8(12-13-14-16)4-15-6-10-5-11-15/h5-7H,2-4H2,1H3,(H,17,18). The van der Waals surface area contributed by atoms with Crippen LogP contribution >= 0.6 is 0 Å². The van der Waals surface area contributed by atoms with Gasteiger partial charge in [0.2, 0.25) is 0 Å². The van der Waals surface area contributed by atoms with Crippen LogP contribution < -0.4 is 0 Å². The fourth-order valence-electron chi connectivity index (χ4n) is 1.55. The Bertz CT molecular complexity index is 524. The second kappa shape index (κ2) is 6.00. The Kier molecular flexibility index (Phi) is 4.13. The van der Waals surface area contributed by atoms with E-state index in [2.05, 4.69) is 25.6 Å². The van der Waals surface area contributed by atoms with Crippen molar-refractivity contribution in [3.8, 4) is 0 Å². The first kappa shape index (κ1) is 13.1. The van der Waals surface area contributed by atoms with Gasteiger partial charge in [-0.25, -0.2) is 14.3 Å². The molecule has 1 N–H and O–H groups in total. The molecule has 0 amide bonds. The predicted octanol–water partition coefficient (Wildman–Crippen LogP) is -1.20. The molecule has 0 spiro atoms. The number of carboxylic acids is 1. The molecule has 2 aromatic heterocycles. The maximum atomic E-state index is 10.7. The molecule has 0 aliphatic carbocycles. The third-order valence-corrected chi connectivity index (χ3v) is 2.49. The first-order valence-electron chi connectivity index (χ1n) is 5.51. The van der Waals surface area contributed by atoms with Gasteiger partial charge in [0, 0.05) is 7.11 Å². The van der Waals surface area contributed by atoms with E-state index in [-0.39, 0.29) is 13.0 Å². The smallest absolute Gasteiger partial charge is 0.306 e. The highest BCUT2D eigenvalue weighted by molar-refractivity contribution is 5.67. The van der Waals surface area contributed by atoms with E-state index in [1.807, 2.05) is 0 Å². The number of aliphatic carboxylic acids is 1. The lowest BCUT2D eigenvalue weighted by atomic mass is 10.2. The first-order chi connectivity index (χ1) is 9.19. The van der Waals surface area contributed by atoms with Gasteiger partial charge in [-0.05, 0) is 10.4 Å². The van der Waals surface area contributed by atoms with Gasteiger partial charge in [0.15, 0.2) is 5.82 Å². The quantitative estimate of drug-likeness (QED) is 0.664. The van der Waals surface area contributed by atoms with Crippen molar-refractivity contribution in [2.24, 2.45) is 0 Å². The summed E-state index contributed by atoms with van der Waals surface area (Å²) in [4.78, 5) is 14.5. The largest absolute Gasteiger partial charge is 0.481 e. The fraction of sp³-hybridized carbons (Fsp3) is 0.556. The van der Waals surface area contributed by atoms with Crippen molar-refractivity contribution in [1.29, 1.82) is 0 Å². The Hall–Kier alpha value is -2.36. The van der Waals surface area contributed by atoms with Gasteiger partial charge in [0.05, 0.1) is 19.1 Å². The van der Waals surface area contributed by atoms with Crippen molar-refractivity contribution in [2.45, 2.75) is 25.6 Å². The Morgan fingerprint density at radius 2 is 2.42 bits per heavy atom. The van der Waals surface area contributed by atoms with E-state index in [9.17, 15) is 4.79 Å². The van der Waals surface area contributed by atoms with E-state index in [1.165, 1.54) is 18.1 Å². The third-order valence-electron chi connectivity index (χ3n) is 2.49. The van der Waals surface area contributed by atoms with Crippen molar-refractivity contribution >= 4 is 5.97 Å². The van der Waals surface area contributed by atoms with Crippen molar-refractivity contribution < 1.29 is 14.6 Å². The summed E-state index contributed by atoms with van der Waals surface area (Å²) < 4.78 is 8.16. The molecule has 1 unspecified atom stereocenters. The first-order valence-corrected chi connectivity index (χ1v) is 5.51. The zero-order valence-electron chi connectivity index (χ0n) is 10.2. The minimum absolute atomic E-state index is 0.112. The lowest BCUT2D eigenvalue weighted by Gasteiger charge is -2.13. The Labute approximate surface area is 108 Å². The number of ether oxygens (including phenoxy) is 1. The summed E-state index contributed by atoms with van der Waals surface area (Å²) in [6.07, 6.45) is 2.36. The number of methoxy groups -OCH3 is 1. The number of tetrazole rings is 1. The van der Waals surface area contributed by atoms with Crippen molar-refractivity contribution in [3.05, 3.63) is 18.5 Å². The van der Waals surface area contributed by atoms with Gasteiger partial charge < -0.3 is 9.84 Å². The van der Waals surface area contributed by atoms with Gasteiger partial charge in [-0.3, -0.25) is 4.79 Å². The molecule has 0 saturated heterocycles. The van der Waals surface area contributed by atoms with Crippen LogP contribution in [0.4, 0.5) is 0 Å². The SMILES string of the molecule is COC(CC(=O)O)Cn1nnnc1Cn1cncn1. The molecule has 10 heteroatoms. The van der Waals surface area contributed by atoms with Crippen LogP contribution in [-0.2, 0) is 22.6 Å². The zero-order chi connectivity index (χ0) is 13.7. The van der Waals surface area contributed by atoms with Crippen molar-refractivity contribution in [2.75, 3.05) is 7.11 Å². The molecular weight excluding hydrogens is 254 g/mol. The molecule has 0 aromatic carbocycles. The second-order valence-corrected chi connectivity index (χ2v) is 3.83. The van der Waals surface area contributed by atoms with Crippen LogP contribution in [0.15, 0.2) is 12.7 Å². The number of aromatic nitrogens is 7. The number of nitrogens with zero attached hydrogens (tertiary/aromatic N) is 7. The monoisotopic (exact) mass is 267 g/mol. The fourth-order valence-corrected chi connectivity index (χ4v) is 1.55. The second-order valence-electron chi connectivity index (χ2n) is 3.83. The van der Waals surface area contributed by atoms with Gasteiger partial charge in [0.25, 0.3) is 0 Å². The average molecular weight is 267 g/mol. The van der Waals surface area contributed by atoms with Crippen LogP contribution in [0.2, 0.25) is 0 Å². The van der Waals surface area contributed by atoms with Gasteiger partial charge in [-0.2, -0.15) is 5.10 Å². The molecule has 2 heterocycles. The molecule has 0 radical (unpaired) electrons. The Morgan fingerprint density at radius 3 is 3.05 bits per heavy atom. The average Bonchev–Trinajstić information content (AvgIpc) is 3.01. The summed E-state index contributed by atoms with van der Waals surface area (Å²) >= 11 is 0. The maximum absolute atomic E-state index is 10.7. The molecule has 1 atom stereocenters. The molecule has 0 fully saturated rings. The summed E-state index contributed by atoms with van der Waals surface area (Å²) in [7, 11) is 1.45. The van der Waals surface area contributed by atoms with Crippen LogP contribution in [0.1, 0.15) is 12.2 Å². The molecule has 2 aromatic rings. The number of carboxylic acid groups (broad SMARTS) is 1. The maximum Gasteiger partial charge on any atom is 0.306 e. The van der Waals surface area contributed by atoms with Crippen LogP contribution in [0.3, 0.4) is 0 Å². The van der Waals surface area contributed by atoms with E-state index in [1.54, 1.807) is 11.0 Å². The van der Waals surface area contributed by atoms with Gasteiger partial charge in [-0.1, -0.05) is 0 Å². The minimum atomic E-state index is -0.933. The van der Waals surface area contributed by atoms with Crippen LogP contribution in [-0.4, -0.2) is 59.3 Å². The van der Waals surface area contributed by atoms with E-state index >= 15 is 0 Å². The predicted molar refractivity (Wildman–Crippen MR) is 60.0 cm³/mol. The highest BCUT2D eigenvalue weighted by Crippen LogP contribution is 2.03. The molecule has 19 heavy (non-hydrogen) atoms. The molecule has 0 saturated carbocycles. The number of carbonyl (C=O) groups is 1. The molecule has 0 aliphatic heterocycles. The minimum Gasteiger partial charge on any atom is -0.481 e. The van der Waals surface area contributed by atoms with E-state index in [4.69, 9.17) is 9.84 Å². The normalized spacial score (nSPS) is 12.5. The molecule has 10 nitrogen and oxygen atoms in total. The van der Waals surface area contributed by atoms with Crippen LogP contribution in [0.25, 0.3) is 0 Å². The van der Waals surface area contributed by atoms with E-state index in [0.717, 1.165) is 0 Å². The summed E-state index contributed by atoms with van der Waals surface area (Å²) in [6, 6.07) is 0. The highest BCUT2D eigenvalue weighted by Gasteiger charge is 2.16. The number of hydrogen-bond donors (Lipinski definition) is 1. The number of hydrogen-bond acceptors (Lipinski definition) is 7. The lowest BCUT2D eigenvalue weighted by molar-refractivity contribution is -0.140. The molecule has 0 aliphatic rings. The molecule has 0 bridgehead atoms. The Morgan fingerprint density at radius 1 is 1.58 bits per heavy atom. The summed E-state index contributed by atoms with van der Waals surface area (Å²) in [5.41, 5.74) is 0. The summed E-state index contributed by atoms with van der Waals surface area (Å²) in [5, 5.41) is 24.0. The van der Waals surface area contributed by atoms with Gasteiger partial charge >= 0.3 is 5.97 Å². The summed E-state index contributed by atoms with van der Waals surface area (Å²) in [5.74, 6) is -0.379. The van der Waals surface area contributed by atoms with Crippen LogP contribution in [0.5, 0.6) is 0 Å². The zero-order valence-corrected chi connectivity index (χ0v) is 10.2. The van der Waals surface area contributed by atoms with E-state index < -0.39 is 12.1 Å².